The maximum absolute atomic E-state index is 5.55. The van der Waals surface area contributed by atoms with Crippen molar-refractivity contribution in [2.45, 2.75) is 40.0 Å². The van der Waals surface area contributed by atoms with E-state index in [-0.39, 0.29) is 0 Å². The Labute approximate surface area is 99.1 Å². The molecule has 88 valence electrons. The number of ether oxygens (including phenoxy) is 1. The van der Waals surface area contributed by atoms with Gasteiger partial charge < -0.3 is 4.74 Å². The Bertz CT molecular complexity index is 353. The number of aryl methyl sites for hydroxylation is 1. The highest BCUT2D eigenvalue weighted by Crippen LogP contribution is 2.29. The molecule has 0 bridgehead atoms. The summed E-state index contributed by atoms with van der Waals surface area (Å²) in [5.41, 5.74) is 3.97. The number of rotatable bonds is 3. The predicted octanol–water partition coefficient (Wildman–Crippen LogP) is 4.24. The first-order chi connectivity index (χ1) is 7.85. The fourth-order valence-corrected chi connectivity index (χ4v) is 1.96. The molecule has 0 amide bonds. The van der Waals surface area contributed by atoms with Gasteiger partial charge in [-0.3, -0.25) is 0 Å². The lowest BCUT2D eigenvalue weighted by molar-refractivity contribution is 0.356. The van der Waals surface area contributed by atoms with Crippen LogP contribution in [0.1, 0.15) is 43.9 Å². The molecule has 1 heterocycles. The minimum Gasteiger partial charge on any atom is -0.493 e. The molecule has 0 unspecified atom stereocenters. The van der Waals surface area contributed by atoms with E-state index in [0.717, 1.165) is 25.2 Å². The first-order valence-electron chi connectivity index (χ1n) is 6.26. The van der Waals surface area contributed by atoms with Crippen molar-refractivity contribution in [3.05, 3.63) is 35.4 Å². The van der Waals surface area contributed by atoms with Crippen LogP contribution in [0.4, 0.5) is 0 Å². The lowest BCUT2D eigenvalue weighted by atomic mass is 9.99. The molecule has 1 aliphatic rings. The minimum atomic E-state index is 0.835. The van der Waals surface area contributed by atoms with Crippen LogP contribution in [0.25, 0.3) is 6.08 Å². The van der Waals surface area contributed by atoms with Crippen molar-refractivity contribution in [2.24, 2.45) is 0 Å². The molecule has 0 N–H and O–H groups in total. The lowest BCUT2D eigenvalue weighted by Gasteiger charge is -2.07. The third kappa shape index (κ3) is 2.66. The first-order valence-corrected chi connectivity index (χ1v) is 6.26. The van der Waals surface area contributed by atoms with Crippen LogP contribution in [-0.4, -0.2) is 6.61 Å². The van der Waals surface area contributed by atoms with Gasteiger partial charge in [0.05, 0.1) is 6.61 Å². The van der Waals surface area contributed by atoms with E-state index < -0.39 is 0 Å². The molecule has 1 aromatic carbocycles. The van der Waals surface area contributed by atoms with Gasteiger partial charge in [-0.1, -0.05) is 39.8 Å². The van der Waals surface area contributed by atoms with Crippen LogP contribution in [0.15, 0.2) is 18.7 Å². The first kappa shape index (κ1) is 12.8. The summed E-state index contributed by atoms with van der Waals surface area (Å²) in [6, 6.07) is 4.41. The SMILES string of the molecule is C=Cc1cc2c(cc1CCC)OCC2.CC. The summed E-state index contributed by atoms with van der Waals surface area (Å²) in [5, 5.41) is 0. The van der Waals surface area contributed by atoms with Crippen LogP contribution < -0.4 is 4.74 Å². The Morgan fingerprint density at radius 2 is 2.12 bits per heavy atom. The van der Waals surface area contributed by atoms with Crippen LogP contribution in [0.3, 0.4) is 0 Å². The van der Waals surface area contributed by atoms with E-state index in [1.54, 1.807) is 0 Å². The summed E-state index contributed by atoms with van der Waals surface area (Å²) in [7, 11) is 0. The molecule has 0 atom stereocenters. The Balaban J connectivity index is 0.000000606. The zero-order valence-electron chi connectivity index (χ0n) is 10.7. The third-order valence-electron chi connectivity index (χ3n) is 2.69. The van der Waals surface area contributed by atoms with Crippen LogP contribution >= 0.6 is 0 Å². The van der Waals surface area contributed by atoms with Gasteiger partial charge in [-0.15, -0.1) is 0 Å². The highest BCUT2D eigenvalue weighted by atomic mass is 16.5. The predicted molar refractivity (Wildman–Crippen MR) is 71.1 cm³/mol. The highest BCUT2D eigenvalue weighted by Gasteiger charge is 2.14. The van der Waals surface area contributed by atoms with Gasteiger partial charge in [0.2, 0.25) is 0 Å². The van der Waals surface area contributed by atoms with Gasteiger partial charge in [0.1, 0.15) is 5.75 Å². The zero-order chi connectivity index (χ0) is 12.0. The summed E-state index contributed by atoms with van der Waals surface area (Å²) >= 11 is 0. The molecule has 2 rings (SSSR count). The minimum absolute atomic E-state index is 0.835. The molecule has 1 aliphatic heterocycles. The second kappa shape index (κ2) is 6.37. The zero-order valence-corrected chi connectivity index (χ0v) is 10.7. The van der Waals surface area contributed by atoms with E-state index in [1.165, 1.54) is 23.1 Å². The van der Waals surface area contributed by atoms with Crippen molar-refractivity contribution >= 4 is 6.08 Å². The maximum Gasteiger partial charge on any atom is 0.122 e. The van der Waals surface area contributed by atoms with Gasteiger partial charge in [0, 0.05) is 6.42 Å². The Morgan fingerprint density at radius 3 is 2.75 bits per heavy atom. The Kier molecular flexibility index (Phi) is 5.10. The smallest absolute Gasteiger partial charge is 0.122 e. The molecule has 1 heteroatoms. The molecule has 0 aliphatic carbocycles. The third-order valence-corrected chi connectivity index (χ3v) is 2.69. The van der Waals surface area contributed by atoms with Gasteiger partial charge in [0.25, 0.3) is 0 Å². The van der Waals surface area contributed by atoms with Crippen LogP contribution in [0.2, 0.25) is 0 Å². The summed E-state index contributed by atoms with van der Waals surface area (Å²) in [4.78, 5) is 0. The van der Waals surface area contributed by atoms with Gasteiger partial charge >= 0.3 is 0 Å². The second-order valence-corrected chi connectivity index (χ2v) is 3.71. The molecule has 16 heavy (non-hydrogen) atoms. The molecule has 0 aromatic heterocycles. The van der Waals surface area contributed by atoms with Crippen LogP contribution in [0.5, 0.6) is 5.75 Å². The molecule has 1 nitrogen and oxygen atoms in total. The molecule has 0 radical (unpaired) electrons. The largest absolute Gasteiger partial charge is 0.493 e. The average molecular weight is 218 g/mol. The van der Waals surface area contributed by atoms with Gasteiger partial charge in [-0.2, -0.15) is 0 Å². The van der Waals surface area contributed by atoms with E-state index in [4.69, 9.17) is 4.74 Å². The van der Waals surface area contributed by atoms with Crippen molar-refractivity contribution in [2.75, 3.05) is 6.61 Å². The van der Waals surface area contributed by atoms with Crippen molar-refractivity contribution in [3.8, 4) is 5.75 Å². The summed E-state index contributed by atoms with van der Waals surface area (Å²) < 4.78 is 5.55. The molecular weight excluding hydrogens is 196 g/mol. The topological polar surface area (TPSA) is 9.23 Å². The molecule has 0 fully saturated rings. The normalized spacial score (nSPS) is 12.2. The van der Waals surface area contributed by atoms with Crippen LogP contribution in [0, 0.1) is 0 Å². The molecule has 0 spiro atoms. The molecule has 0 saturated heterocycles. The second-order valence-electron chi connectivity index (χ2n) is 3.71. The van der Waals surface area contributed by atoms with Gasteiger partial charge in [-0.25, -0.2) is 0 Å². The van der Waals surface area contributed by atoms with Crippen molar-refractivity contribution in [1.29, 1.82) is 0 Å². The van der Waals surface area contributed by atoms with E-state index in [2.05, 4.69) is 25.6 Å². The Hall–Kier alpha value is -1.24. The van der Waals surface area contributed by atoms with Crippen molar-refractivity contribution in [3.63, 3.8) is 0 Å². The maximum atomic E-state index is 5.55. The molecule has 0 saturated carbocycles. The standard InChI is InChI=1S/C13H16O.C2H6/c1-3-5-11-9-13-12(6-7-14-13)8-10(11)4-2;1-2/h4,8-9H,2-3,5-7H2,1H3;1-2H3. The fourth-order valence-electron chi connectivity index (χ4n) is 1.96. The van der Waals surface area contributed by atoms with E-state index >= 15 is 0 Å². The van der Waals surface area contributed by atoms with Gasteiger partial charge in [-0.05, 0) is 35.2 Å². The van der Waals surface area contributed by atoms with Gasteiger partial charge in [0.15, 0.2) is 0 Å². The molecular formula is C15H22O. The summed E-state index contributed by atoms with van der Waals surface area (Å²) in [5.74, 6) is 1.08. The van der Waals surface area contributed by atoms with E-state index in [1.807, 2.05) is 19.9 Å². The summed E-state index contributed by atoms with van der Waals surface area (Å²) in [6.45, 7) is 10.9. The number of fused-ring (bicyclic) bond motifs is 1. The lowest BCUT2D eigenvalue weighted by Crippen LogP contribution is -1.91. The highest BCUT2D eigenvalue weighted by molar-refractivity contribution is 5.57. The monoisotopic (exact) mass is 218 g/mol. The quantitative estimate of drug-likeness (QED) is 0.737. The van der Waals surface area contributed by atoms with Crippen LogP contribution in [-0.2, 0) is 12.8 Å². The Morgan fingerprint density at radius 1 is 1.38 bits per heavy atom. The average Bonchev–Trinajstić information content (AvgIpc) is 2.78. The number of benzene rings is 1. The number of hydrogen-bond acceptors (Lipinski definition) is 1. The van der Waals surface area contributed by atoms with E-state index in [0.29, 0.717) is 0 Å². The summed E-state index contributed by atoms with van der Waals surface area (Å²) in [6.07, 6.45) is 5.27. The van der Waals surface area contributed by atoms with Crippen molar-refractivity contribution in [1.82, 2.24) is 0 Å². The molecule has 1 aromatic rings. The number of hydrogen-bond donors (Lipinski definition) is 0. The van der Waals surface area contributed by atoms with Crippen molar-refractivity contribution < 1.29 is 4.74 Å². The van der Waals surface area contributed by atoms with E-state index in [9.17, 15) is 0 Å². The fraction of sp³-hybridized carbons (Fsp3) is 0.467.